The van der Waals surface area contributed by atoms with Gasteiger partial charge < -0.3 is 14.1 Å². The maximum Gasteiger partial charge on any atom is 0.338 e. The second-order valence-corrected chi connectivity index (χ2v) is 16.0. The fourth-order valence-corrected chi connectivity index (χ4v) is 5.77. The van der Waals surface area contributed by atoms with Crippen molar-refractivity contribution in [2.24, 2.45) is 0 Å². The van der Waals surface area contributed by atoms with E-state index in [1.807, 2.05) is 24.0 Å². The molecule has 0 spiro atoms. The van der Waals surface area contributed by atoms with Gasteiger partial charge in [0.15, 0.2) is 8.32 Å². The van der Waals surface area contributed by atoms with Gasteiger partial charge in [-0.25, -0.2) is 4.79 Å². The molecule has 2 aromatic carbocycles. The summed E-state index contributed by atoms with van der Waals surface area (Å²) in [6, 6.07) is 12.2. The van der Waals surface area contributed by atoms with Crippen LogP contribution in [0.25, 0.3) is 0 Å². The summed E-state index contributed by atoms with van der Waals surface area (Å²) in [5.41, 5.74) is 3.24. The largest absolute Gasteiger partial charge is 0.465 e. The highest BCUT2D eigenvalue weighted by atomic mass is 35.5. The van der Waals surface area contributed by atoms with Crippen LogP contribution in [-0.2, 0) is 26.8 Å². The first-order valence-corrected chi connectivity index (χ1v) is 15.4. The molecule has 1 aliphatic heterocycles. The van der Waals surface area contributed by atoms with Crippen molar-refractivity contribution in [2.45, 2.75) is 70.8 Å². The lowest BCUT2D eigenvalue weighted by Gasteiger charge is -2.45. The minimum Gasteiger partial charge on any atom is -0.465 e. The fraction of sp³-hybridized carbons (Fsp3) is 0.464. The lowest BCUT2D eigenvalue weighted by atomic mass is 9.85. The number of ether oxygens (including phenoxy) is 1. The van der Waals surface area contributed by atoms with E-state index in [1.165, 1.54) is 7.11 Å². The maximum absolute atomic E-state index is 13.8. The summed E-state index contributed by atoms with van der Waals surface area (Å²) in [5.74, 6) is -0.525. The number of amides is 1. The molecule has 0 aliphatic carbocycles. The molecule has 0 fully saturated rings. The van der Waals surface area contributed by atoms with Crippen molar-refractivity contribution in [2.75, 3.05) is 13.7 Å². The Morgan fingerprint density at radius 3 is 2.47 bits per heavy atom. The van der Waals surface area contributed by atoms with Crippen molar-refractivity contribution in [3.63, 3.8) is 0 Å². The molecule has 1 aliphatic rings. The molecular weight excluding hydrogens is 492 g/mol. The van der Waals surface area contributed by atoms with Gasteiger partial charge in [-0.2, -0.15) is 5.26 Å². The summed E-state index contributed by atoms with van der Waals surface area (Å²) in [6.07, 6.45) is 0.481. The summed E-state index contributed by atoms with van der Waals surface area (Å²) < 4.78 is 11.6. The summed E-state index contributed by atoms with van der Waals surface area (Å²) in [4.78, 5) is 28.2. The van der Waals surface area contributed by atoms with Gasteiger partial charge in [-0.15, -0.1) is 0 Å². The molecule has 2 aromatic rings. The van der Waals surface area contributed by atoms with E-state index in [0.717, 1.165) is 11.1 Å². The zero-order valence-corrected chi connectivity index (χ0v) is 23.9. The first-order chi connectivity index (χ1) is 16.8. The second kappa shape index (κ2) is 10.8. The molecule has 192 valence electrons. The average Bonchev–Trinajstić information content (AvgIpc) is 2.82. The summed E-state index contributed by atoms with van der Waals surface area (Å²) in [6.45, 7) is 13.2. The molecule has 0 saturated heterocycles. The number of esters is 1. The van der Waals surface area contributed by atoms with Crippen LogP contribution in [0.3, 0.4) is 0 Å². The number of nitriles is 1. The van der Waals surface area contributed by atoms with Crippen molar-refractivity contribution < 1.29 is 18.8 Å². The van der Waals surface area contributed by atoms with Crippen LogP contribution in [0.4, 0.5) is 0 Å². The summed E-state index contributed by atoms with van der Waals surface area (Å²) >= 11 is 6.40. The Balaban J connectivity index is 2.03. The Kier molecular flexibility index (Phi) is 8.34. The molecule has 0 N–H and O–H groups in total. The number of nitrogens with zero attached hydrogens (tertiary/aromatic N) is 2. The second-order valence-electron chi connectivity index (χ2n) is 10.8. The van der Waals surface area contributed by atoms with Crippen LogP contribution in [-0.4, -0.2) is 44.9 Å². The van der Waals surface area contributed by atoms with Gasteiger partial charge in [0.1, 0.15) is 0 Å². The van der Waals surface area contributed by atoms with Gasteiger partial charge in [-0.05, 0) is 66.4 Å². The monoisotopic (exact) mass is 526 g/mol. The van der Waals surface area contributed by atoms with E-state index in [9.17, 15) is 14.9 Å². The quantitative estimate of drug-likeness (QED) is 0.337. The standard InChI is InChI=1S/C28H35ClN2O4Si/c1-18-21-11-9-12-22(27(33)34-5)24(21)14-20(17-35-36(6,7)28(2,3)4)31(18)26(32)15-23-19(16-30)10-8-13-25(23)29/h8-13,18,20H,14-15,17H2,1-7H3/t18-,20+/m0/s1. The van der Waals surface area contributed by atoms with Crippen LogP contribution >= 0.6 is 11.6 Å². The molecule has 8 heteroatoms. The van der Waals surface area contributed by atoms with Crippen molar-refractivity contribution in [1.82, 2.24) is 4.90 Å². The zero-order chi connectivity index (χ0) is 26.8. The number of hydrogen-bond donors (Lipinski definition) is 0. The van der Waals surface area contributed by atoms with E-state index in [1.54, 1.807) is 24.3 Å². The topological polar surface area (TPSA) is 79.6 Å². The molecule has 1 amide bonds. The number of hydrogen-bond acceptors (Lipinski definition) is 5. The van der Waals surface area contributed by atoms with E-state index < -0.39 is 14.3 Å². The van der Waals surface area contributed by atoms with E-state index >= 15 is 0 Å². The van der Waals surface area contributed by atoms with Gasteiger partial charge in [0.05, 0.1) is 49.4 Å². The van der Waals surface area contributed by atoms with E-state index in [-0.39, 0.29) is 29.4 Å². The van der Waals surface area contributed by atoms with Crippen molar-refractivity contribution in [3.05, 3.63) is 69.2 Å². The van der Waals surface area contributed by atoms with Gasteiger partial charge in [0.25, 0.3) is 0 Å². The third-order valence-electron chi connectivity index (χ3n) is 7.62. The molecule has 6 nitrogen and oxygen atoms in total. The van der Waals surface area contributed by atoms with Gasteiger partial charge in [-0.3, -0.25) is 4.79 Å². The number of methoxy groups -OCH3 is 1. The third kappa shape index (κ3) is 5.51. The van der Waals surface area contributed by atoms with E-state index in [0.29, 0.717) is 34.7 Å². The fourth-order valence-electron chi connectivity index (χ4n) is 4.49. The molecule has 1 heterocycles. The van der Waals surface area contributed by atoms with Crippen molar-refractivity contribution in [1.29, 1.82) is 5.26 Å². The van der Waals surface area contributed by atoms with Crippen molar-refractivity contribution in [3.8, 4) is 6.07 Å². The van der Waals surface area contributed by atoms with Crippen LogP contribution in [0.15, 0.2) is 36.4 Å². The third-order valence-corrected chi connectivity index (χ3v) is 12.5. The van der Waals surface area contributed by atoms with Crippen LogP contribution in [0, 0.1) is 11.3 Å². The lowest BCUT2D eigenvalue weighted by Crippen LogP contribution is -2.52. The molecule has 0 aromatic heterocycles. The zero-order valence-electron chi connectivity index (χ0n) is 22.1. The number of fused-ring (bicyclic) bond motifs is 1. The van der Waals surface area contributed by atoms with Gasteiger partial charge in [0.2, 0.25) is 5.91 Å². The lowest BCUT2D eigenvalue weighted by molar-refractivity contribution is -0.137. The Morgan fingerprint density at radius 2 is 1.86 bits per heavy atom. The Hall–Kier alpha value is -2.66. The first-order valence-electron chi connectivity index (χ1n) is 12.1. The predicted molar refractivity (Wildman–Crippen MR) is 144 cm³/mol. The SMILES string of the molecule is COC(=O)c1cccc2c1C[C@H](CO[Si](C)(C)C(C)(C)C)N(C(=O)Cc1c(Cl)cccc1C#N)[C@H]2C. The summed E-state index contributed by atoms with van der Waals surface area (Å²) in [7, 11) is -0.727. The number of benzene rings is 2. The number of carbonyl (C=O) groups is 2. The normalized spacial score (nSPS) is 17.8. The smallest absolute Gasteiger partial charge is 0.338 e. The predicted octanol–water partition coefficient (Wildman–Crippen LogP) is 6.08. The number of rotatable bonds is 6. The van der Waals surface area contributed by atoms with Crippen LogP contribution in [0.5, 0.6) is 0 Å². The highest BCUT2D eigenvalue weighted by Crippen LogP contribution is 2.39. The van der Waals surface area contributed by atoms with E-state index in [4.69, 9.17) is 20.8 Å². The van der Waals surface area contributed by atoms with Crippen LogP contribution in [0.2, 0.25) is 23.2 Å². The maximum atomic E-state index is 13.8. The van der Waals surface area contributed by atoms with Crippen molar-refractivity contribution >= 4 is 31.8 Å². The Labute approximate surface area is 220 Å². The minimum atomic E-state index is -2.10. The highest BCUT2D eigenvalue weighted by Gasteiger charge is 2.41. The van der Waals surface area contributed by atoms with Crippen LogP contribution < -0.4 is 0 Å². The van der Waals surface area contributed by atoms with Gasteiger partial charge in [-0.1, -0.05) is 50.6 Å². The average molecular weight is 527 g/mol. The molecule has 36 heavy (non-hydrogen) atoms. The van der Waals surface area contributed by atoms with Gasteiger partial charge in [0, 0.05) is 5.02 Å². The van der Waals surface area contributed by atoms with Gasteiger partial charge >= 0.3 is 5.97 Å². The molecule has 2 atom stereocenters. The number of carbonyl (C=O) groups excluding carboxylic acids is 2. The van der Waals surface area contributed by atoms with Crippen LogP contribution in [0.1, 0.15) is 66.3 Å². The molecule has 0 bridgehead atoms. The Bertz CT molecular complexity index is 1200. The summed E-state index contributed by atoms with van der Waals surface area (Å²) in [5, 5.41) is 9.97. The molecule has 3 rings (SSSR count). The first kappa shape index (κ1) is 27.9. The molecule has 0 saturated carbocycles. The molecular formula is C28H35ClN2O4Si. The molecule has 0 unspecified atom stereocenters. The minimum absolute atomic E-state index is 0.00945. The number of halogens is 1. The highest BCUT2D eigenvalue weighted by molar-refractivity contribution is 6.74. The van der Waals surface area contributed by atoms with E-state index in [2.05, 4.69) is 39.9 Å². The molecule has 0 radical (unpaired) electrons. The Morgan fingerprint density at radius 1 is 1.19 bits per heavy atom.